The van der Waals surface area contributed by atoms with E-state index in [2.05, 4.69) is 16.1 Å². The number of fused-ring (bicyclic) bond motifs is 2. The molecule has 3 aromatic rings. The fraction of sp³-hybridized carbons (Fsp3) is 0.429. The Hall–Kier alpha value is -2.60. The number of benzene rings is 1. The standard InChI is InChI=1S/C21H23N3O3/c25-21-20-16(8-14-26-20)7-11-24(21)13-12-23-9-5-15(6-10-23)19-17-3-1-2-4-18(17)27-22-19/h1-4,8,14-15H,5-7,9-13H2. The summed E-state index contributed by atoms with van der Waals surface area (Å²) in [4.78, 5) is 16.8. The normalized spacial score (nSPS) is 19.0. The van der Waals surface area contributed by atoms with Crippen LogP contribution in [0.3, 0.4) is 0 Å². The molecule has 0 bridgehead atoms. The number of piperidine rings is 1. The predicted molar refractivity (Wildman–Crippen MR) is 101 cm³/mol. The van der Waals surface area contributed by atoms with Crippen LogP contribution in [-0.2, 0) is 6.42 Å². The molecule has 2 aliphatic rings. The Morgan fingerprint density at radius 1 is 1.07 bits per heavy atom. The first-order chi connectivity index (χ1) is 13.3. The second-order valence-electron chi connectivity index (χ2n) is 7.50. The fourth-order valence-electron chi connectivity index (χ4n) is 4.33. The zero-order valence-electron chi connectivity index (χ0n) is 15.3. The van der Waals surface area contributed by atoms with Gasteiger partial charge in [0, 0.05) is 36.5 Å². The summed E-state index contributed by atoms with van der Waals surface area (Å²) in [6.45, 7) is 4.51. The van der Waals surface area contributed by atoms with Crippen molar-refractivity contribution in [2.24, 2.45) is 0 Å². The van der Waals surface area contributed by atoms with Gasteiger partial charge in [-0.25, -0.2) is 0 Å². The maximum absolute atomic E-state index is 12.5. The minimum absolute atomic E-state index is 0.0326. The van der Waals surface area contributed by atoms with Gasteiger partial charge in [0.05, 0.1) is 12.0 Å². The van der Waals surface area contributed by atoms with E-state index >= 15 is 0 Å². The molecule has 5 rings (SSSR count). The molecular formula is C21H23N3O3. The smallest absolute Gasteiger partial charge is 0.289 e. The molecule has 2 aliphatic heterocycles. The number of rotatable bonds is 4. The third-order valence-electron chi connectivity index (χ3n) is 5.95. The molecule has 0 saturated carbocycles. The summed E-state index contributed by atoms with van der Waals surface area (Å²) >= 11 is 0. The van der Waals surface area contributed by atoms with Crippen molar-refractivity contribution in [1.29, 1.82) is 0 Å². The minimum Gasteiger partial charge on any atom is -0.459 e. The maximum Gasteiger partial charge on any atom is 0.289 e. The van der Waals surface area contributed by atoms with E-state index in [9.17, 15) is 4.79 Å². The lowest BCUT2D eigenvalue weighted by molar-refractivity contribution is 0.0675. The highest BCUT2D eigenvalue weighted by Gasteiger charge is 2.29. The van der Waals surface area contributed by atoms with Crippen LogP contribution in [0.25, 0.3) is 11.0 Å². The van der Waals surface area contributed by atoms with Crippen molar-refractivity contribution in [3.8, 4) is 0 Å². The van der Waals surface area contributed by atoms with Gasteiger partial charge in [0.1, 0.15) is 0 Å². The van der Waals surface area contributed by atoms with Crippen LogP contribution >= 0.6 is 0 Å². The molecule has 2 aromatic heterocycles. The van der Waals surface area contributed by atoms with Gasteiger partial charge in [-0.05, 0) is 50.6 Å². The highest BCUT2D eigenvalue weighted by molar-refractivity contribution is 5.94. The number of carbonyl (C=O) groups excluding carboxylic acids is 1. The van der Waals surface area contributed by atoms with Crippen molar-refractivity contribution in [3.63, 3.8) is 0 Å². The number of hydrogen-bond acceptors (Lipinski definition) is 5. The second kappa shape index (κ2) is 6.85. The van der Waals surface area contributed by atoms with Crippen LogP contribution in [0.2, 0.25) is 0 Å². The second-order valence-corrected chi connectivity index (χ2v) is 7.50. The Morgan fingerprint density at radius 3 is 2.81 bits per heavy atom. The quantitative estimate of drug-likeness (QED) is 0.710. The molecule has 1 amide bonds. The third-order valence-corrected chi connectivity index (χ3v) is 5.95. The van der Waals surface area contributed by atoms with Crippen LogP contribution in [0.4, 0.5) is 0 Å². The molecule has 140 valence electrons. The van der Waals surface area contributed by atoms with E-state index in [-0.39, 0.29) is 5.91 Å². The van der Waals surface area contributed by atoms with Gasteiger partial charge in [0.2, 0.25) is 0 Å². The summed E-state index contributed by atoms with van der Waals surface area (Å²) < 4.78 is 10.8. The van der Waals surface area contributed by atoms with Gasteiger partial charge in [0.15, 0.2) is 11.3 Å². The zero-order valence-corrected chi connectivity index (χ0v) is 15.3. The Bertz CT molecular complexity index is 952. The van der Waals surface area contributed by atoms with Gasteiger partial charge < -0.3 is 18.7 Å². The fourth-order valence-corrected chi connectivity index (χ4v) is 4.33. The van der Waals surface area contributed by atoms with Gasteiger partial charge in [-0.15, -0.1) is 0 Å². The molecule has 1 fully saturated rings. The number of hydrogen-bond donors (Lipinski definition) is 0. The van der Waals surface area contributed by atoms with Gasteiger partial charge >= 0.3 is 0 Å². The SMILES string of the molecule is O=C1c2occc2CCN1CCN1CCC(c2noc3ccccc23)CC1. The first kappa shape index (κ1) is 16.6. The van der Waals surface area contributed by atoms with Crippen molar-refractivity contribution in [3.05, 3.63) is 53.6 Å². The van der Waals surface area contributed by atoms with Gasteiger partial charge in [-0.3, -0.25) is 4.79 Å². The van der Waals surface area contributed by atoms with Crippen LogP contribution in [-0.4, -0.2) is 53.6 Å². The molecule has 6 nitrogen and oxygen atoms in total. The molecule has 6 heteroatoms. The van der Waals surface area contributed by atoms with Crippen LogP contribution < -0.4 is 0 Å². The highest BCUT2D eigenvalue weighted by atomic mass is 16.5. The topological polar surface area (TPSA) is 62.7 Å². The Labute approximate surface area is 157 Å². The molecule has 0 aliphatic carbocycles. The average molecular weight is 365 g/mol. The van der Waals surface area contributed by atoms with Crippen molar-refractivity contribution < 1.29 is 13.7 Å². The first-order valence-electron chi connectivity index (χ1n) is 9.72. The summed E-state index contributed by atoms with van der Waals surface area (Å²) in [7, 11) is 0. The molecular weight excluding hydrogens is 342 g/mol. The molecule has 1 saturated heterocycles. The summed E-state index contributed by atoms with van der Waals surface area (Å²) in [5, 5.41) is 5.48. The van der Waals surface area contributed by atoms with Crippen molar-refractivity contribution in [2.75, 3.05) is 32.7 Å². The summed E-state index contributed by atoms with van der Waals surface area (Å²) in [5.74, 6) is 1.01. The highest BCUT2D eigenvalue weighted by Crippen LogP contribution is 2.32. The lowest BCUT2D eigenvalue weighted by Gasteiger charge is -2.33. The number of aromatic nitrogens is 1. The summed E-state index contributed by atoms with van der Waals surface area (Å²) in [6.07, 6.45) is 4.66. The van der Waals surface area contributed by atoms with E-state index in [0.29, 0.717) is 11.7 Å². The summed E-state index contributed by atoms with van der Waals surface area (Å²) in [6, 6.07) is 9.99. The molecule has 1 aromatic carbocycles. The first-order valence-corrected chi connectivity index (χ1v) is 9.72. The Morgan fingerprint density at radius 2 is 1.93 bits per heavy atom. The lowest BCUT2D eigenvalue weighted by atomic mass is 9.91. The number of likely N-dealkylation sites (tertiary alicyclic amines) is 1. The number of nitrogens with zero attached hydrogens (tertiary/aromatic N) is 3. The number of amides is 1. The number of furan rings is 1. The van der Waals surface area contributed by atoms with Crippen molar-refractivity contribution in [2.45, 2.75) is 25.2 Å². The third kappa shape index (κ3) is 3.04. The van der Waals surface area contributed by atoms with Crippen LogP contribution in [0.15, 0.2) is 45.5 Å². The van der Waals surface area contributed by atoms with Crippen LogP contribution in [0.5, 0.6) is 0 Å². The van der Waals surface area contributed by atoms with E-state index in [1.807, 2.05) is 29.2 Å². The number of para-hydroxylation sites is 1. The largest absolute Gasteiger partial charge is 0.459 e. The number of carbonyl (C=O) groups is 1. The maximum atomic E-state index is 12.5. The Kier molecular flexibility index (Phi) is 4.20. The summed E-state index contributed by atoms with van der Waals surface area (Å²) in [5.41, 5.74) is 3.01. The van der Waals surface area contributed by atoms with E-state index in [1.165, 1.54) is 0 Å². The molecule has 27 heavy (non-hydrogen) atoms. The van der Waals surface area contributed by atoms with Crippen LogP contribution in [0.1, 0.15) is 40.6 Å². The van der Waals surface area contributed by atoms with Gasteiger partial charge in [0.25, 0.3) is 5.91 Å². The van der Waals surface area contributed by atoms with Crippen LogP contribution in [0, 0.1) is 0 Å². The predicted octanol–water partition coefficient (Wildman–Crippen LogP) is 3.30. The zero-order chi connectivity index (χ0) is 18.2. The van der Waals surface area contributed by atoms with E-state index in [1.54, 1.807) is 6.26 Å². The lowest BCUT2D eigenvalue weighted by Crippen LogP contribution is -2.43. The molecule has 0 unspecified atom stereocenters. The van der Waals surface area contributed by atoms with E-state index < -0.39 is 0 Å². The minimum atomic E-state index is 0.0326. The van der Waals surface area contributed by atoms with Crippen molar-refractivity contribution >= 4 is 16.9 Å². The molecule has 0 N–H and O–H groups in total. The Balaban J connectivity index is 1.17. The van der Waals surface area contributed by atoms with E-state index in [4.69, 9.17) is 8.94 Å². The molecule has 4 heterocycles. The molecule has 0 radical (unpaired) electrons. The van der Waals surface area contributed by atoms with E-state index in [0.717, 1.165) is 74.2 Å². The molecule has 0 atom stereocenters. The van der Waals surface area contributed by atoms with Gasteiger partial charge in [-0.1, -0.05) is 17.3 Å². The average Bonchev–Trinajstić information content (AvgIpc) is 3.35. The monoisotopic (exact) mass is 365 g/mol. The molecule has 0 spiro atoms. The van der Waals surface area contributed by atoms with Crippen molar-refractivity contribution in [1.82, 2.24) is 15.0 Å². The van der Waals surface area contributed by atoms with Gasteiger partial charge in [-0.2, -0.15) is 0 Å².